The van der Waals surface area contributed by atoms with Crippen LogP contribution in [0.15, 0.2) is 24.8 Å². The molecular weight excluding hydrogens is 178 g/mol. The van der Waals surface area contributed by atoms with Crippen molar-refractivity contribution in [3.63, 3.8) is 0 Å². The smallest absolute Gasteiger partial charge is 0.336 e. The van der Waals surface area contributed by atoms with Crippen LogP contribution in [0.2, 0.25) is 0 Å². The predicted molar refractivity (Wildman–Crippen MR) is 57.7 cm³/mol. The highest BCUT2D eigenvalue weighted by atomic mass is 16.4. The van der Waals surface area contributed by atoms with Gasteiger partial charge in [0.2, 0.25) is 0 Å². The molecule has 3 nitrogen and oxygen atoms in total. The maximum Gasteiger partial charge on any atom is 0.336 e. The lowest BCUT2D eigenvalue weighted by Crippen LogP contribution is -2.02. The van der Waals surface area contributed by atoms with Crippen LogP contribution >= 0.6 is 0 Å². The molecule has 3 heteroatoms. The van der Waals surface area contributed by atoms with Gasteiger partial charge in [-0.1, -0.05) is 12.7 Å². The topological polar surface area (TPSA) is 49.3 Å². The Balaban J connectivity index is 3.11. The van der Waals surface area contributed by atoms with Gasteiger partial charge in [-0.15, -0.1) is 0 Å². The minimum absolute atomic E-state index is 0.279. The number of anilines is 1. The molecule has 0 aliphatic rings. The van der Waals surface area contributed by atoms with Crippen LogP contribution in [0.4, 0.5) is 5.69 Å². The van der Waals surface area contributed by atoms with Gasteiger partial charge in [-0.25, -0.2) is 4.79 Å². The molecule has 0 amide bonds. The van der Waals surface area contributed by atoms with E-state index in [9.17, 15) is 4.79 Å². The molecule has 1 aromatic carbocycles. The highest BCUT2D eigenvalue weighted by molar-refractivity contribution is 5.92. The van der Waals surface area contributed by atoms with E-state index in [2.05, 4.69) is 11.9 Å². The monoisotopic (exact) mass is 191 g/mol. The van der Waals surface area contributed by atoms with Gasteiger partial charge < -0.3 is 10.4 Å². The summed E-state index contributed by atoms with van der Waals surface area (Å²) in [6.45, 7) is 6.38. The van der Waals surface area contributed by atoms with Crippen LogP contribution in [0.5, 0.6) is 0 Å². The van der Waals surface area contributed by atoms with Gasteiger partial charge in [0, 0.05) is 12.2 Å². The van der Waals surface area contributed by atoms with E-state index in [4.69, 9.17) is 5.11 Å². The molecule has 1 rings (SSSR count). The summed E-state index contributed by atoms with van der Waals surface area (Å²) in [4.78, 5) is 10.8. The Hall–Kier alpha value is -1.77. The minimum atomic E-state index is -0.928. The molecule has 0 saturated carbocycles. The molecule has 0 bridgehead atoms. The van der Waals surface area contributed by atoms with E-state index in [1.54, 1.807) is 24.3 Å². The molecule has 0 heterocycles. The summed E-state index contributed by atoms with van der Waals surface area (Å²) >= 11 is 0. The quantitative estimate of drug-likeness (QED) is 0.768. The molecule has 1 aromatic rings. The summed E-state index contributed by atoms with van der Waals surface area (Å²) in [5.74, 6) is -0.928. The first-order valence-corrected chi connectivity index (χ1v) is 4.42. The van der Waals surface area contributed by atoms with Crippen LogP contribution in [0.25, 0.3) is 6.08 Å². The molecule has 0 fully saturated rings. The third-order valence-corrected chi connectivity index (χ3v) is 1.88. The van der Waals surface area contributed by atoms with Crippen molar-refractivity contribution in [3.05, 3.63) is 35.9 Å². The van der Waals surface area contributed by atoms with Crippen molar-refractivity contribution >= 4 is 17.7 Å². The van der Waals surface area contributed by atoms with E-state index in [0.717, 1.165) is 12.2 Å². The van der Waals surface area contributed by atoms with Crippen LogP contribution in [-0.2, 0) is 0 Å². The van der Waals surface area contributed by atoms with Crippen LogP contribution in [0, 0.1) is 0 Å². The molecule has 0 saturated heterocycles. The van der Waals surface area contributed by atoms with E-state index in [-0.39, 0.29) is 5.56 Å². The number of aromatic carboxylic acids is 1. The third-order valence-electron chi connectivity index (χ3n) is 1.88. The maximum atomic E-state index is 10.8. The number of carboxylic acids is 1. The Labute approximate surface area is 83.1 Å². The molecule has 0 spiro atoms. The van der Waals surface area contributed by atoms with Gasteiger partial charge in [0.15, 0.2) is 0 Å². The van der Waals surface area contributed by atoms with Gasteiger partial charge in [0.1, 0.15) is 0 Å². The first kappa shape index (κ1) is 10.3. The zero-order valence-corrected chi connectivity index (χ0v) is 8.08. The Kier molecular flexibility index (Phi) is 3.29. The Morgan fingerprint density at radius 2 is 2.36 bits per heavy atom. The predicted octanol–water partition coefficient (Wildman–Crippen LogP) is 2.46. The van der Waals surface area contributed by atoms with Gasteiger partial charge >= 0.3 is 5.97 Å². The van der Waals surface area contributed by atoms with E-state index < -0.39 is 5.97 Å². The Morgan fingerprint density at radius 3 is 2.86 bits per heavy atom. The third kappa shape index (κ3) is 2.13. The van der Waals surface area contributed by atoms with Crippen LogP contribution < -0.4 is 5.32 Å². The average Bonchev–Trinajstić information content (AvgIpc) is 2.17. The molecule has 2 N–H and O–H groups in total. The molecule has 0 radical (unpaired) electrons. The number of benzene rings is 1. The molecular formula is C11H13NO2. The first-order chi connectivity index (χ1) is 6.69. The highest BCUT2D eigenvalue weighted by Gasteiger charge is 2.07. The van der Waals surface area contributed by atoms with Crippen molar-refractivity contribution in [2.45, 2.75) is 6.92 Å². The summed E-state index contributed by atoms with van der Waals surface area (Å²) in [6.07, 6.45) is 1.55. The molecule has 0 aromatic heterocycles. The summed E-state index contributed by atoms with van der Waals surface area (Å²) in [7, 11) is 0. The van der Waals surface area contributed by atoms with Gasteiger partial charge in [-0.3, -0.25) is 0 Å². The number of carbonyl (C=O) groups is 1. The van der Waals surface area contributed by atoms with Crippen molar-refractivity contribution in [1.29, 1.82) is 0 Å². The standard InChI is InChI=1S/C11H13NO2/c1-3-8-7-9(12-4-2)5-6-10(8)11(13)14/h3,5-7,12H,1,4H2,2H3,(H,13,14). The second-order valence-electron chi connectivity index (χ2n) is 2.84. The number of hydrogen-bond donors (Lipinski definition) is 2. The first-order valence-electron chi connectivity index (χ1n) is 4.42. The summed E-state index contributed by atoms with van der Waals surface area (Å²) in [5, 5.41) is 12.0. The minimum Gasteiger partial charge on any atom is -0.478 e. The highest BCUT2D eigenvalue weighted by Crippen LogP contribution is 2.16. The zero-order chi connectivity index (χ0) is 10.6. The van der Waals surface area contributed by atoms with E-state index in [0.29, 0.717) is 5.56 Å². The number of hydrogen-bond acceptors (Lipinski definition) is 2. The fraction of sp³-hybridized carbons (Fsp3) is 0.182. The molecule has 0 atom stereocenters. The van der Waals surface area contributed by atoms with E-state index in [1.807, 2.05) is 6.92 Å². The number of rotatable bonds is 4. The van der Waals surface area contributed by atoms with Gasteiger partial charge in [0.05, 0.1) is 5.56 Å². The maximum absolute atomic E-state index is 10.8. The van der Waals surface area contributed by atoms with Crippen molar-refractivity contribution in [2.24, 2.45) is 0 Å². The summed E-state index contributed by atoms with van der Waals surface area (Å²) < 4.78 is 0. The molecule has 74 valence electrons. The molecule has 0 aliphatic heterocycles. The van der Waals surface area contributed by atoms with Gasteiger partial charge in [-0.2, -0.15) is 0 Å². The van der Waals surface area contributed by atoms with Crippen LogP contribution in [-0.4, -0.2) is 17.6 Å². The van der Waals surface area contributed by atoms with Crippen LogP contribution in [0.3, 0.4) is 0 Å². The van der Waals surface area contributed by atoms with E-state index >= 15 is 0 Å². The van der Waals surface area contributed by atoms with Crippen molar-refractivity contribution in [1.82, 2.24) is 0 Å². The normalized spacial score (nSPS) is 9.50. The van der Waals surface area contributed by atoms with Crippen LogP contribution in [0.1, 0.15) is 22.8 Å². The SMILES string of the molecule is C=Cc1cc(NCC)ccc1C(=O)O. The fourth-order valence-electron chi connectivity index (χ4n) is 1.24. The zero-order valence-electron chi connectivity index (χ0n) is 8.08. The van der Waals surface area contributed by atoms with Gasteiger partial charge in [-0.05, 0) is 30.7 Å². The molecule has 0 unspecified atom stereocenters. The van der Waals surface area contributed by atoms with E-state index in [1.165, 1.54) is 0 Å². The molecule has 0 aliphatic carbocycles. The average molecular weight is 191 g/mol. The lowest BCUT2D eigenvalue weighted by Gasteiger charge is -2.06. The van der Waals surface area contributed by atoms with Crippen molar-refractivity contribution < 1.29 is 9.90 Å². The van der Waals surface area contributed by atoms with Crippen molar-refractivity contribution in [2.75, 3.05) is 11.9 Å². The van der Waals surface area contributed by atoms with Gasteiger partial charge in [0.25, 0.3) is 0 Å². The second kappa shape index (κ2) is 4.46. The Morgan fingerprint density at radius 1 is 1.64 bits per heavy atom. The second-order valence-corrected chi connectivity index (χ2v) is 2.84. The summed E-state index contributed by atoms with van der Waals surface area (Å²) in [6, 6.07) is 5.11. The van der Waals surface area contributed by atoms with Crippen molar-refractivity contribution in [3.8, 4) is 0 Å². The lowest BCUT2D eigenvalue weighted by molar-refractivity contribution is 0.0696. The molecule has 14 heavy (non-hydrogen) atoms. The fourth-order valence-corrected chi connectivity index (χ4v) is 1.24. The number of carboxylic acid groups (broad SMARTS) is 1. The summed E-state index contributed by atoms with van der Waals surface area (Å²) in [5.41, 5.74) is 1.82. The number of nitrogens with one attached hydrogen (secondary N) is 1. The lowest BCUT2D eigenvalue weighted by atomic mass is 10.1. The largest absolute Gasteiger partial charge is 0.478 e. The Bertz CT molecular complexity index is 358.